The Kier molecular flexibility index (Phi) is 3.07. The first-order valence-electron chi connectivity index (χ1n) is 10.4. The first-order valence-corrected chi connectivity index (χ1v) is 10.4. The van der Waals surface area contributed by atoms with E-state index in [1.807, 2.05) is 0 Å². The third-order valence-electron chi connectivity index (χ3n) is 8.10. The van der Waals surface area contributed by atoms with Gasteiger partial charge in [0.1, 0.15) is 0 Å². The number of hydrogen-bond acceptors (Lipinski definition) is 3. The lowest BCUT2D eigenvalue weighted by molar-refractivity contribution is -0.193. The number of carbonyl (C=O) groups excluding carboxylic acids is 1. The SMILES string of the molecule is Cc1ccc(C23OC4C(O)C5CC4C2C5C(=O)N3C2CCCCC2)cc1. The zero-order valence-corrected chi connectivity index (χ0v) is 15.3. The Morgan fingerprint density at radius 2 is 1.85 bits per heavy atom. The van der Waals surface area contributed by atoms with Gasteiger partial charge in [-0.05, 0) is 38.0 Å². The molecule has 2 bridgehead atoms. The standard InChI is InChI=1S/C22H27NO3/c1-12-7-9-13(10-8-12)22-18-16-11-15(19(24)20(16)26-22)17(18)21(25)23(22)14-5-3-2-4-6-14/h7-10,14-20,24H,2-6,11H2,1H3. The number of nitrogens with zero attached hydrogens (tertiary/aromatic N) is 1. The Hall–Kier alpha value is -1.39. The summed E-state index contributed by atoms with van der Waals surface area (Å²) in [5, 5.41) is 10.8. The molecule has 1 amide bonds. The van der Waals surface area contributed by atoms with E-state index in [1.165, 1.54) is 24.8 Å². The predicted octanol–water partition coefficient (Wildman–Crippen LogP) is 2.96. The molecule has 1 N–H and O–H groups in total. The lowest BCUT2D eigenvalue weighted by Crippen LogP contribution is -2.54. The van der Waals surface area contributed by atoms with Gasteiger partial charge in [-0.2, -0.15) is 0 Å². The molecule has 138 valence electrons. The largest absolute Gasteiger partial charge is 0.390 e. The zero-order chi connectivity index (χ0) is 17.6. The molecule has 5 fully saturated rings. The fraction of sp³-hybridized carbons (Fsp3) is 0.682. The van der Waals surface area contributed by atoms with E-state index in [9.17, 15) is 9.90 Å². The highest BCUT2D eigenvalue weighted by atomic mass is 16.6. The minimum absolute atomic E-state index is 0.0445. The number of aryl methyl sites for hydroxylation is 1. The van der Waals surface area contributed by atoms with Crippen LogP contribution in [-0.4, -0.2) is 34.2 Å². The minimum atomic E-state index is -0.640. The number of fused-ring (bicyclic) bond motifs is 2. The van der Waals surface area contributed by atoms with Gasteiger partial charge in [0.25, 0.3) is 0 Å². The molecule has 4 nitrogen and oxygen atoms in total. The molecule has 3 aliphatic carbocycles. The predicted molar refractivity (Wildman–Crippen MR) is 96.0 cm³/mol. The molecule has 3 saturated carbocycles. The zero-order valence-electron chi connectivity index (χ0n) is 15.3. The number of carbonyl (C=O) groups is 1. The van der Waals surface area contributed by atoms with Crippen LogP contribution in [0.3, 0.4) is 0 Å². The summed E-state index contributed by atoms with van der Waals surface area (Å²) in [6, 6.07) is 8.87. The van der Waals surface area contributed by atoms with Crippen molar-refractivity contribution in [1.82, 2.24) is 4.90 Å². The maximum atomic E-state index is 13.6. The molecule has 6 rings (SSSR count). The third kappa shape index (κ3) is 1.67. The lowest BCUT2D eigenvalue weighted by atomic mass is 9.75. The van der Waals surface area contributed by atoms with E-state index in [-0.39, 0.29) is 29.8 Å². The molecule has 4 heteroatoms. The first-order chi connectivity index (χ1) is 12.6. The fourth-order valence-electron chi connectivity index (χ4n) is 7.16. The normalized spacial score (nSPS) is 46.5. The van der Waals surface area contributed by atoms with E-state index >= 15 is 0 Å². The Morgan fingerprint density at radius 1 is 1.12 bits per heavy atom. The van der Waals surface area contributed by atoms with Crippen LogP contribution in [0.5, 0.6) is 0 Å². The highest BCUT2D eigenvalue weighted by Gasteiger charge is 2.79. The van der Waals surface area contributed by atoms with Crippen molar-refractivity contribution in [2.75, 3.05) is 0 Å². The minimum Gasteiger partial charge on any atom is -0.390 e. The smallest absolute Gasteiger partial charge is 0.229 e. The Bertz CT molecular complexity index is 755. The molecular formula is C22H27NO3. The number of amides is 1. The van der Waals surface area contributed by atoms with Gasteiger partial charge in [-0.1, -0.05) is 49.1 Å². The summed E-state index contributed by atoms with van der Waals surface area (Å²) in [4.78, 5) is 15.8. The van der Waals surface area contributed by atoms with Crippen LogP contribution in [0.2, 0.25) is 0 Å². The molecule has 2 aliphatic heterocycles. The number of aliphatic hydroxyl groups is 1. The van der Waals surface area contributed by atoms with Crippen molar-refractivity contribution in [3.63, 3.8) is 0 Å². The summed E-state index contributed by atoms with van der Waals surface area (Å²) in [6.07, 6.45) is 6.25. The molecule has 0 aromatic heterocycles. The second-order valence-corrected chi connectivity index (χ2v) is 9.25. The maximum Gasteiger partial charge on any atom is 0.229 e. The summed E-state index contributed by atoms with van der Waals surface area (Å²) in [6.45, 7) is 2.09. The molecule has 7 unspecified atom stereocenters. The van der Waals surface area contributed by atoms with Gasteiger partial charge < -0.3 is 14.7 Å². The van der Waals surface area contributed by atoms with Gasteiger partial charge in [0.2, 0.25) is 5.91 Å². The van der Waals surface area contributed by atoms with E-state index in [2.05, 4.69) is 36.1 Å². The van der Waals surface area contributed by atoms with Gasteiger partial charge in [-0.15, -0.1) is 0 Å². The van der Waals surface area contributed by atoms with Gasteiger partial charge in [-0.3, -0.25) is 4.79 Å². The molecule has 5 aliphatic rings. The number of aliphatic hydroxyl groups excluding tert-OH is 1. The van der Waals surface area contributed by atoms with E-state index in [4.69, 9.17) is 4.74 Å². The van der Waals surface area contributed by atoms with Crippen molar-refractivity contribution in [3.05, 3.63) is 35.4 Å². The summed E-state index contributed by atoms with van der Waals surface area (Å²) in [7, 11) is 0. The number of ether oxygens (including phenoxy) is 1. The summed E-state index contributed by atoms with van der Waals surface area (Å²) in [5.41, 5.74) is 1.70. The summed E-state index contributed by atoms with van der Waals surface area (Å²) < 4.78 is 6.75. The third-order valence-corrected chi connectivity index (χ3v) is 8.10. The maximum absolute atomic E-state index is 13.6. The summed E-state index contributed by atoms with van der Waals surface area (Å²) in [5.74, 6) is 0.865. The van der Waals surface area contributed by atoms with Gasteiger partial charge in [0.15, 0.2) is 5.72 Å². The van der Waals surface area contributed by atoms with Gasteiger partial charge in [-0.25, -0.2) is 0 Å². The molecule has 26 heavy (non-hydrogen) atoms. The van der Waals surface area contributed by atoms with Crippen molar-refractivity contribution in [2.45, 2.75) is 69.4 Å². The van der Waals surface area contributed by atoms with Crippen molar-refractivity contribution < 1.29 is 14.6 Å². The molecule has 0 spiro atoms. The Labute approximate surface area is 154 Å². The second-order valence-electron chi connectivity index (χ2n) is 9.25. The van der Waals surface area contributed by atoms with E-state index in [0.717, 1.165) is 24.8 Å². The fourth-order valence-corrected chi connectivity index (χ4v) is 7.16. The lowest BCUT2D eigenvalue weighted by Gasteiger charge is -2.45. The van der Waals surface area contributed by atoms with Crippen LogP contribution in [0.1, 0.15) is 49.7 Å². The topological polar surface area (TPSA) is 49.8 Å². The van der Waals surface area contributed by atoms with E-state index in [0.29, 0.717) is 12.0 Å². The highest BCUT2D eigenvalue weighted by Crippen LogP contribution is 2.71. The van der Waals surface area contributed by atoms with Crippen LogP contribution in [0.15, 0.2) is 24.3 Å². The second kappa shape index (κ2) is 5.11. The van der Waals surface area contributed by atoms with E-state index < -0.39 is 11.8 Å². The van der Waals surface area contributed by atoms with Crippen molar-refractivity contribution in [3.8, 4) is 0 Å². The summed E-state index contributed by atoms with van der Waals surface area (Å²) >= 11 is 0. The molecule has 0 radical (unpaired) electrons. The Balaban J connectivity index is 1.53. The number of likely N-dealkylation sites (tertiary alicyclic amines) is 1. The molecule has 1 aromatic carbocycles. The van der Waals surface area contributed by atoms with Crippen LogP contribution >= 0.6 is 0 Å². The molecule has 2 saturated heterocycles. The van der Waals surface area contributed by atoms with Crippen molar-refractivity contribution in [2.24, 2.45) is 23.7 Å². The number of hydrogen-bond donors (Lipinski definition) is 1. The highest BCUT2D eigenvalue weighted by molar-refractivity contribution is 5.85. The van der Waals surface area contributed by atoms with Crippen LogP contribution in [0.4, 0.5) is 0 Å². The molecular weight excluding hydrogens is 326 g/mol. The quantitative estimate of drug-likeness (QED) is 0.889. The van der Waals surface area contributed by atoms with Crippen LogP contribution in [-0.2, 0) is 15.3 Å². The van der Waals surface area contributed by atoms with Crippen LogP contribution < -0.4 is 0 Å². The molecule has 2 heterocycles. The Morgan fingerprint density at radius 3 is 2.58 bits per heavy atom. The van der Waals surface area contributed by atoms with Gasteiger partial charge >= 0.3 is 0 Å². The molecule has 1 aromatic rings. The van der Waals surface area contributed by atoms with Gasteiger partial charge in [0, 0.05) is 17.5 Å². The van der Waals surface area contributed by atoms with E-state index in [1.54, 1.807) is 0 Å². The number of benzene rings is 1. The average molecular weight is 353 g/mol. The van der Waals surface area contributed by atoms with Crippen LogP contribution in [0.25, 0.3) is 0 Å². The number of rotatable bonds is 2. The monoisotopic (exact) mass is 353 g/mol. The van der Waals surface area contributed by atoms with Crippen molar-refractivity contribution in [1.29, 1.82) is 0 Å². The average Bonchev–Trinajstić information content (AvgIpc) is 3.32. The van der Waals surface area contributed by atoms with Crippen LogP contribution in [0, 0.1) is 30.6 Å². The van der Waals surface area contributed by atoms with Gasteiger partial charge in [0.05, 0.1) is 18.1 Å². The van der Waals surface area contributed by atoms with Crippen molar-refractivity contribution >= 4 is 5.91 Å². The molecule has 7 atom stereocenters. The first kappa shape index (κ1) is 15.6.